The van der Waals surface area contributed by atoms with Crippen LogP contribution in [0.3, 0.4) is 0 Å². The normalized spacial score (nSPS) is 13.5. The summed E-state index contributed by atoms with van der Waals surface area (Å²) in [6, 6.07) is 13.9. The molecule has 0 radical (unpaired) electrons. The molecule has 1 atom stereocenters. The van der Waals surface area contributed by atoms with Gasteiger partial charge in [-0.05, 0) is 84.1 Å². The van der Waals surface area contributed by atoms with Crippen LogP contribution < -0.4 is 4.74 Å². The summed E-state index contributed by atoms with van der Waals surface area (Å²) >= 11 is 3.40. The number of aliphatic hydroxyl groups is 1. The highest BCUT2D eigenvalue weighted by atomic mass is 79.9. The second kappa shape index (κ2) is 17.8. The number of aliphatic hydroxyl groups excluding tert-OH is 1. The average Bonchev–Trinajstić information content (AvgIpc) is 3.79. The number of benzene rings is 3. The number of H-pyrrole nitrogens is 1. The van der Waals surface area contributed by atoms with Crippen molar-refractivity contribution in [3.8, 4) is 22.9 Å². The van der Waals surface area contributed by atoms with Crippen LogP contribution in [-0.4, -0.2) is 83.9 Å². The minimum atomic E-state index is -3.96. The molecule has 0 saturated carbocycles. The molecule has 17 heteroatoms. The number of aromatic amines is 1. The predicted molar refractivity (Wildman–Crippen MR) is 214 cm³/mol. The van der Waals surface area contributed by atoms with Crippen molar-refractivity contribution in [2.24, 2.45) is 7.05 Å². The molecule has 0 aliphatic carbocycles. The van der Waals surface area contributed by atoms with E-state index in [1.165, 1.54) is 22.9 Å². The zero-order chi connectivity index (χ0) is 40.8. The molecule has 2 aromatic heterocycles. The quantitative estimate of drug-likeness (QED) is 0.0528. The fourth-order valence-electron chi connectivity index (χ4n) is 5.96. The second-order valence-electron chi connectivity index (χ2n) is 13.6. The van der Waals surface area contributed by atoms with Gasteiger partial charge in [-0.15, -0.1) is 0 Å². The monoisotopic (exact) mass is 876 g/mol. The average molecular weight is 878 g/mol. The lowest BCUT2D eigenvalue weighted by molar-refractivity contribution is -0.138. The fraction of sp³-hybridized carbons (Fsp3) is 0.359. The Labute approximate surface area is 332 Å². The Balaban J connectivity index is 1.53. The first-order valence-corrected chi connectivity index (χ1v) is 22.2. The van der Waals surface area contributed by atoms with Gasteiger partial charge >= 0.3 is 5.97 Å². The third-order valence-corrected chi connectivity index (χ3v) is 13.7. The number of ether oxygens (including phenoxy) is 2. The van der Waals surface area contributed by atoms with Gasteiger partial charge in [-0.2, -0.15) is 5.10 Å². The van der Waals surface area contributed by atoms with Crippen molar-refractivity contribution < 1.29 is 45.0 Å². The Hall–Kier alpha value is -4.45. The Kier molecular flexibility index (Phi) is 13.6. The van der Waals surface area contributed by atoms with Crippen molar-refractivity contribution in [1.82, 2.24) is 19.7 Å². The molecule has 3 aromatic carbocycles. The van der Waals surface area contributed by atoms with Gasteiger partial charge in [0.05, 0.1) is 51.7 Å². The standard InChI is InChI=1S/C39H43BrF2N4O8S2/c1-5-6-16-53-37(48)25(2)21-26-8-7-9-27(22-26)39(3,13-17-55(49,50)19-20-56(51,52)18-15-47)38-44-36(46(4)45-38)30-23-28(10-11-31(30)41)54-35-32(42)24-33-29(34(35)40)12-14-43-33/h7-12,14,21-24,43,47H,5-6,13,15-20H2,1-4H3/b25-21+. The number of sulfone groups is 2. The summed E-state index contributed by atoms with van der Waals surface area (Å²) in [5.41, 5.74) is 0.800. The van der Waals surface area contributed by atoms with Gasteiger partial charge in [0.2, 0.25) is 0 Å². The van der Waals surface area contributed by atoms with Crippen LogP contribution in [0.25, 0.3) is 28.4 Å². The fourth-order valence-corrected chi connectivity index (χ4v) is 10.0. The van der Waals surface area contributed by atoms with Gasteiger partial charge in [0, 0.05) is 35.8 Å². The number of halogens is 3. The second-order valence-corrected chi connectivity index (χ2v) is 19.0. The summed E-state index contributed by atoms with van der Waals surface area (Å²) in [4.78, 5) is 20.3. The zero-order valence-electron chi connectivity index (χ0n) is 31.3. The lowest BCUT2D eigenvalue weighted by atomic mass is 9.78. The SMILES string of the molecule is CCCCOC(=O)/C(C)=C/c1cccc(C(C)(CCS(=O)(=O)CCS(=O)(=O)CCO)c2nc(-c3cc(Oc4c(F)cc5[nH]ccc5c4Br)ccc3F)n(C)n2)c1. The van der Waals surface area contributed by atoms with E-state index in [1.54, 1.807) is 63.5 Å². The van der Waals surface area contributed by atoms with E-state index < -0.39 is 72.3 Å². The summed E-state index contributed by atoms with van der Waals surface area (Å²) in [6.07, 6.45) is 4.79. The number of rotatable bonds is 18. The molecule has 5 rings (SSSR count). The van der Waals surface area contributed by atoms with E-state index in [4.69, 9.17) is 19.6 Å². The van der Waals surface area contributed by atoms with Crippen LogP contribution >= 0.6 is 15.9 Å². The summed E-state index contributed by atoms with van der Waals surface area (Å²) in [5.74, 6) is -3.93. The number of esters is 1. The van der Waals surface area contributed by atoms with Gasteiger partial charge in [0.25, 0.3) is 0 Å². The lowest BCUT2D eigenvalue weighted by Crippen LogP contribution is -2.30. The van der Waals surface area contributed by atoms with Crippen molar-refractivity contribution in [2.75, 3.05) is 36.2 Å². The highest BCUT2D eigenvalue weighted by Crippen LogP contribution is 2.40. The van der Waals surface area contributed by atoms with E-state index in [-0.39, 0.29) is 41.7 Å². The van der Waals surface area contributed by atoms with Crippen LogP contribution in [0.5, 0.6) is 11.5 Å². The van der Waals surface area contributed by atoms with E-state index in [0.717, 1.165) is 18.9 Å². The largest absolute Gasteiger partial charge is 0.462 e. The number of hydrogen-bond donors (Lipinski definition) is 2. The topological polar surface area (TPSA) is 171 Å². The van der Waals surface area contributed by atoms with E-state index >= 15 is 8.78 Å². The number of nitrogens with zero attached hydrogens (tertiary/aromatic N) is 3. The molecule has 0 spiro atoms. The number of carbonyl (C=O) groups is 1. The molecule has 0 fully saturated rings. The van der Waals surface area contributed by atoms with Gasteiger partial charge in [-0.1, -0.05) is 37.6 Å². The molecule has 0 aliphatic heterocycles. The zero-order valence-corrected chi connectivity index (χ0v) is 34.5. The molecule has 12 nitrogen and oxygen atoms in total. The third kappa shape index (κ3) is 10.1. The maximum atomic E-state index is 15.6. The summed E-state index contributed by atoms with van der Waals surface area (Å²) < 4.78 is 94.7. The smallest absolute Gasteiger partial charge is 0.333 e. The minimum absolute atomic E-state index is 0.0269. The number of carbonyl (C=O) groups excluding carboxylic acids is 1. The number of fused-ring (bicyclic) bond motifs is 1. The van der Waals surface area contributed by atoms with Gasteiger partial charge in [0.1, 0.15) is 11.6 Å². The van der Waals surface area contributed by atoms with Crippen LogP contribution in [0.15, 0.2) is 70.8 Å². The molecular formula is C39H43BrF2N4O8S2. The highest BCUT2D eigenvalue weighted by Gasteiger charge is 2.36. The first-order chi connectivity index (χ1) is 26.5. The highest BCUT2D eigenvalue weighted by molar-refractivity contribution is 9.10. The van der Waals surface area contributed by atoms with Crippen molar-refractivity contribution >= 4 is 58.6 Å². The molecule has 2 N–H and O–H groups in total. The summed E-state index contributed by atoms with van der Waals surface area (Å²) in [6.45, 7) is 5.00. The maximum absolute atomic E-state index is 15.6. The maximum Gasteiger partial charge on any atom is 0.333 e. The van der Waals surface area contributed by atoms with E-state index in [2.05, 4.69) is 26.0 Å². The number of aryl methyl sites for hydroxylation is 1. The first-order valence-electron chi connectivity index (χ1n) is 17.8. The predicted octanol–water partition coefficient (Wildman–Crippen LogP) is 7.06. The number of aromatic nitrogens is 4. The van der Waals surface area contributed by atoms with E-state index in [9.17, 15) is 21.6 Å². The van der Waals surface area contributed by atoms with Gasteiger partial charge in [-0.3, -0.25) is 0 Å². The number of nitrogens with one attached hydrogen (secondary N) is 1. The van der Waals surface area contributed by atoms with Gasteiger partial charge in [0.15, 0.2) is 42.9 Å². The molecular weight excluding hydrogens is 834 g/mol. The first kappa shape index (κ1) is 42.7. The molecule has 0 saturated heterocycles. The molecule has 56 heavy (non-hydrogen) atoms. The molecule has 1 unspecified atom stereocenters. The Morgan fingerprint density at radius 3 is 2.46 bits per heavy atom. The van der Waals surface area contributed by atoms with Gasteiger partial charge < -0.3 is 19.6 Å². The van der Waals surface area contributed by atoms with E-state index in [1.807, 2.05) is 6.92 Å². The van der Waals surface area contributed by atoms with E-state index in [0.29, 0.717) is 32.1 Å². The van der Waals surface area contributed by atoms with Crippen LogP contribution in [-0.2, 0) is 41.7 Å². The molecule has 0 aliphatic rings. The minimum Gasteiger partial charge on any atom is -0.462 e. The van der Waals surface area contributed by atoms with Crippen molar-refractivity contribution in [3.63, 3.8) is 0 Å². The Morgan fingerprint density at radius 1 is 1.02 bits per heavy atom. The van der Waals surface area contributed by atoms with Crippen LogP contribution in [0.4, 0.5) is 8.78 Å². The number of unbranched alkanes of at least 4 members (excludes halogenated alkanes) is 1. The van der Waals surface area contributed by atoms with Crippen LogP contribution in [0.2, 0.25) is 0 Å². The van der Waals surface area contributed by atoms with Crippen molar-refractivity contribution in [3.05, 3.63) is 99.4 Å². The van der Waals surface area contributed by atoms with Crippen LogP contribution in [0, 0.1) is 11.6 Å². The number of hydrogen-bond acceptors (Lipinski definition) is 10. The lowest BCUT2D eigenvalue weighted by Gasteiger charge is -2.28. The molecule has 2 heterocycles. The summed E-state index contributed by atoms with van der Waals surface area (Å²) in [5, 5.41) is 14.4. The van der Waals surface area contributed by atoms with Crippen molar-refractivity contribution in [1.29, 1.82) is 0 Å². The molecule has 300 valence electrons. The molecule has 0 amide bonds. The Bertz CT molecular complexity index is 2490. The van der Waals surface area contributed by atoms with Gasteiger partial charge in [-0.25, -0.2) is 40.1 Å². The third-order valence-electron chi connectivity index (χ3n) is 9.34. The van der Waals surface area contributed by atoms with Crippen LogP contribution in [0.1, 0.15) is 57.0 Å². The summed E-state index contributed by atoms with van der Waals surface area (Å²) in [7, 11) is -6.21. The Morgan fingerprint density at radius 2 is 1.75 bits per heavy atom. The molecule has 5 aromatic rings. The molecule has 0 bridgehead atoms. The van der Waals surface area contributed by atoms with Crippen molar-refractivity contribution in [2.45, 2.75) is 45.4 Å².